The molecule has 0 saturated heterocycles. The molecule has 1 spiro atoms. The molecule has 1 nitrogen and oxygen atoms in total. The highest BCUT2D eigenvalue weighted by molar-refractivity contribution is 6.09. The van der Waals surface area contributed by atoms with Gasteiger partial charge in [-0.2, -0.15) is 0 Å². The Morgan fingerprint density at radius 2 is 0.925 bits per heavy atom. The van der Waals surface area contributed by atoms with Crippen LogP contribution in [-0.4, -0.2) is 4.57 Å². The molecule has 1 heterocycles. The lowest BCUT2D eigenvalue weighted by Crippen LogP contribution is -2.29. The van der Waals surface area contributed by atoms with Crippen molar-refractivity contribution in [3.8, 4) is 16.8 Å². The molecule has 0 saturated carbocycles. The number of para-hydroxylation sites is 2. The maximum atomic E-state index is 2.44. The fourth-order valence-electron chi connectivity index (χ4n) is 7.82. The van der Waals surface area contributed by atoms with E-state index in [-0.39, 0.29) is 5.41 Å². The molecule has 0 aliphatic heterocycles. The topological polar surface area (TPSA) is 4.93 Å². The zero-order valence-electron chi connectivity index (χ0n) is 22.1. The van der Waals surface area contributed by atoms with Gasteiger partial charge in [0.1, 0.15) is 0 Å². The van der Waals surface area contributed by atoms with Crippen LogP contribution < -0.4 is 0 Å². The van der Waals surface area contributed by atoms with Gasteiger partial charge in [-0.25, -0.2) is 0 Å². The highest BCUT2D eigenvalue weighted by atomic mass is 15.0. The number of aryl methyl sites for hydroxylation is 2. The van der Waals surface area contributed by atoms with Gasteiger partial charge in [-0.15, -0.1) is 0 Å². The van der Waals surface area contributed by atoms with Crippen molar-refractivity contribution in [3.05, 3.63) is 173 Å². The standard InChI is InChI=1S/C39H27N/c1-6-16-33-26(11-1)21-22-27-12-2-7-17-34(27)39(33)35-18-8-3-13-29(35)32-25-28(23-24-36(32)39)40-37-19-9-4-14-30(37)31-15-5-10-20-38(31)40/h1-20,23-25H,21-22H2. The molecule has 188 valence electrons. The first-order chi connectivity index (χ1) is 19.9. The van der Waals surface area contributed by atoms with Crippen molar-refractivity contribution in [2.24, 2.45) is 0 Å². The average molecular weight is 510 g/mol. The third kappa shape index (κ3) is 2.72. The highest BCUT2D eigenvalue weighted by Gasteiger charge is 2.48. The smallest absolute Gasteiger partial charge is 0.0718 e. The van der Waals surface area contributed by atoms with E-state index in [2.05, 4.69) is 144 Å². The maximum absolute atomic E-state index is 2.44. The Labute approximate surface area is 234 Å². The number of hydrogen-bond acceptors (Lipinski definition) is 0. The molecule has 1 aromatic heterocycles. The van der Waals surface area contributed by atoms with Crippen molar-refractivity contribution >= 4 is 21.8 Å². The van der Waals surface area contributed by atoms with Gasteiger partial charge in [-0.3, -0.25) is 0 Å². The van der Waals surface area contributed by atoms with E-state index in [1.54, 1.807) is 0 Å². The van der Waals surface area contributed by atoms with E-state index < -0.39 is 0 Å². The Morgan fingerprint density at radius 3 is 1.57 bits per heavy atom. The highest BCUT2D eigenvalue weighted by Crippen LogP contribution is 2.58. The summed E-state index contributed by atoms with van der Waals surface area (Å²) in [5.74, 6) is 0. The first-order valence-corrected chi connectivity index (χ1v) is 14.3. The van der Waals surface area contributed by atoms with Crippen molar-refractivity contribution in [3.63, 3.8) is 0 Å². The molecule has 0 atom stereocenters. The summed E-state index contributed by atoms with van der Waals surface area (Å²) in [7, 11) is 0. The summed E-state index contributed by atoms with van der Waals surface area (Å²) in [6.07, 6.45) is 2.12. The van der Waals surface area contributed by atoms with Crippen molar-refractivity contribution < 1.29 is 0 Å². The van der Waals surface area contributed by atoms with Gasteiger partial charge in [0.15, 0.2) is 0 Å². The number of benzene rings is 6. The van der Waals surface area contributed by atoms with Crippen molar-refractivity contribution in [1.82, 2.24) is 4.57 Å². The fourth-order valence-corrected chi connectivity index (χ4v) is 7.82. The summed E-state index contributed by atoms with van der Waals surface area (Å²) in [5, 5.41) is 2.59. The van der Waals surface area contributed by atoms with Crippen LogP contribution in [0.5, 0.6) is 0 Å². The number of nitrogens with zero attached hydrogens (tertiary/aromatic N) is 1. The third-order valence-electron chi connectivity index (χ3n) is 9.37. The van der Waals surface area contributed by atoms with E-state index in [9.17, 15) is 0 Å². The van der Waals surface area contributed by atoms with E-state index in [1.807, 2.05) is 0 Å². The summed E-state index contributed by atoms with van der Waals surface area (Å²) in [6, 6.07) is 52.2. The largest absolute Gasteiger partial charge is 0.309 e. The van der Waals surface area contributed by atoms with Gasteiger partial charge in [0.2, 0.25) is 0 Å². The zero-order valence-corrected chi connectivity index (χ0v) is 22.1. The van der Waals surface area contributed by atoms with Gasteiger partial charge in [0.25, 0.3) is 0 Å². The molecular weight excluding hydrogens is 482 g/mol. The van der Waals surface area contributed by atoms with E-state index in [1.165, 1.54) is 72.0 Å². The van der Waals surface area contributed by atoms with E-state index in [4.69, 9.17) is 0 Å². The number of hydrogen-bond donors (Lipinski definition) is 0. The van der Waals surface area contributed by atoms with E-state index in [0.29, 0.717) is 0 Å². The van der Waals surface area contributed by atoms with Gasteiger partial charge < -0.3 is 4.57 Å². The molecular formula is C39H27N. The minimum absolute atomic E-state index is 0.324. The minimum atomic E-state index is -0.324. The van der Waals surface area contributed by atoms with Crippen LogP contribution in [0.4, 0.5) is 0 Å². The Bertz CT molecular complexity index is 2020. The summed E-state index contributed by atoms with van der Waals surface area (Å²) < 4.78 is 2.44. The average Bonchev–Trinajstić information content (AvgIpc) is 3.45. The lowest BCUT2D eigenvalue weighted by atomic mass is 9.66. The second kappa shape index (κ2) is 8.07. The Balaban J connectivity index is 1.41. The fraction of sp³-hybridized carbons (Fsp3) is 0.0769. The molecule has 1 heteroatoms. The van der Waals surface area contributed by atoms with E-state index >= 15 is 0 Å². The van der Waals surface area contributed by atoms with Crippen molar-refractivity contribution in [2.45, 2.75) is 18.3 Å². The first kappa shape index (κ1) is 22.0. The number of fused-ring (bicyclic) bond motifs is 12. The third-order valence-corrected chi connectivity index (χ3v) is 9.37. The predicted octanol–water partition coefficient (Wildman–Crippen LogP) is 9.25. The second-order valence-corrected chi connectivity index (χ2v) is 11.2. The van der Waals surface area contributed by atoms with Gasteiger partial charge >= 0.3 is 0 Å². The lowest BCUT2D eigenvalue weighted by molar-refractivity contribution is 0.762. The van der Waals surface area contributed by atoms with Crippen LogP contribution in [0, 0.1) is 0 Å². The monoisotopic (exact) mass is 509 g/mol. The number of rotatable bonds is 1. The summed E-state index contributed by atoms with van der Waals surface area (Å²) in [5.41, 5.74) is 14.6. The van der Waals surface area contributed by atoms with Gasteiger partial charge in [0, 0.05) is 16.5 Å². The quantitative estimate of drug-likeness (QED) is 0.208. The molecule has 0 bridgehead atoms. The molecule has 7 aromatic rings. The predicted molar refractivity (Wildman–Crippen MR) is 165 cm³/mol. The number of aromatic nitrogens is 1. The van der Waals surface area contributed by atoms with Crippen LogP contribution in [0.15, 0.2) is 140 Å². The molecule has 2 aliphatic carbocycles. The van der Waals surface area contributed by atoms with Crippen molar-refractivity contribution in [2.75, 3.05) is 0 Å². The Hall–Kier alpha value is -4.88. The van der Waals surface area contributed by atoms with Crippen LogP contribution in [-0.2, 0) is 18.3 Å². The first-order valence-electron chi connectivity index (χ1n) is 14.3. The Kier molecular flexibility index (Phi) is 4.43. The minimum Gasteiger partial charge on any atom is -0.309 e. The van der Waals surface area contributed by atoms with Crippen molar-refractivity contribution in [1.29, 1.82) is 0 Å². The molecule has 0 unspecified atom stereocenters. The molecule has 0 fully saturated rings. The summed E-state index contributed by atoms with van der Waals surface area (Å²) >= 11 is 0. The maximum Gasteiger partial charge on any atom is 0.0718 e. The molecule has 6 aromatic carbocycles. The molecule has 9 rings (SSSR count). The molecule has 2 aliphatic rings. The van der Waals surface area contributed by atoms with Crippen LogP contribution in [0.1, 0.15) is 33.4 Å². The van der Waals surface area contributed by atoms with Crippen LogP contribution in [0.25, 0.3) is 38.6 Å². The molecule has 0 radical (unpaired) electrons. The second-order valence-electron chi connectivity index (χ2n) is 11.2. The zero-order chi connectivity index (χ0) is 26.3. The normalized spacial score (nSPS) is 14.5. The van der Waals surface area contributed by atoms with Gasteiger partial charge in [-0.1, -0.05) is 115 Å². The van der Waals surface area contributed by atoms with Crippen LogP contribution in [0.3, 0.4) is 0 Å². The summed E-state index contributed by atoms with van der Waals surface area (Å²) in [6.45, 7) is 0. The molecule has 0 N–H and O–H groups in total. The Morgan fingerprint density at radius 1 is 0.425 bits per heavy atom. The van der Waals surface area contributed by atoms with Gasteiger partial charge in [-0.05, 0) is 81.6 Å². The lowest BCUT2D eigenvalue weighted by Gasteiger charge is -2.35. The van der Waals surface area contributed by atoms with Gasteiger partial charge in [0.05, 0.1) is 16.4 Å². The van der Waals surface area contributed by atoms with Crippen LogP contribution in [0.2, 0.25) is 0 Å². The molecule has 0 amide bonds. The SMILES string of the molecule is c1ccc2c(c1)CCc1ccccc1C21c2ccccc2-c2cc(-n3c4ccccc4c4ccccc43)ccc21. The van der Waals surface area contributed by atoms with E-state index in [0.717, 1.165) is 12.8 Å². The molecule has 40 heavy (non-hydrogen) atoms. The van der Waals surface area contributed by atoms with Crippen LogP contribution >= 0.6 is 0 Å². The summed E-state index contributed by atoms with van der Waals surface area (Å²) in [4.78, 5) is 0.